The molecule has 0 spiro atoms. The van der Waals surface area contributed by atoms with Crippen molar-refractivity contribution in [3.63, 3.8) is 0 Å². The average Bonchev–Trinajstić information content (AvgIpc) is 2.55. The normalized spacial score (nSPS) is 11.8. The van der Waals surface area contributed by atoms with Gasteiger partial charge < -0.3 is 10.2 Å². The third-order valence-electron chi connectivity index (χ3n) is 3.34. The summed E-state index contributed by atoms with van der Waals surface area (Å²) in [5.74, 6) is 0.870. The van der Waals surface area contributed by atoms with Crippen molar-refractivity contribution in [2.45, 2.75) is 17.7 Å². The molecule has 0 saturated carbocycles. The molecule has 1 amide bonds. The minimum absolute atomic E-state index is 0.118. The average molecular weight is 410 g/mol. The fourth-order valence-corrected chi connectivity index (χ4v) is 3.34. The number of amides is 1. The molecule has 1 aromatic heterocycles. The van der Waals surface area contributed by atoms with Crippen molar-refractivity contribution in [3.05, 3.63) is 47.1 Å². The number of benzene rings is 1. The standard InChI is InChI=1S/C17H20BrN3O2S/c1-21(2)14-7-10-16(19-12-14)20-17(22)4-3-11-24(23)15-8-5-13(18)6-9-15/h5-10,12H,3-4,11H2,1-2H3,(H,19,20,22). The summed E-state index contributed by atoms with van der Waals surface area (Å²) in [6.45, 7) is 0. The monoisotopic (exact) mass is 409 g/mol. The van der Waals surface area contributed by atoms with Gasteiger partial charge in [0.2, 0.25) is 5.91 Å². The Hall–Kier alpha value is -1.73. The summed E-state index contributed by atoms with van der Waals surface area (Å²) < 4.78 is 13.1. The Kier molecular flexibility index (Phi) is 6.93. The van der Waals surface area contributed by atoms with Crippen LogP contribution < -0.4 is 10.2 Å². The quantitative estimate of drug-likeness (QED) is 0.760. The third kappa shape index (κ3) is 5.72. The molecular formula is C17H20BrN3O2S. The van der Waals surface area contributed by atoms with Gasteiger partial charge in [-0.15, -0.1) is 0 Å². The summed E-state index contributed by atoms with van der Waals surface area (Å²) in [4.78, 5) is 18.8. The fraction of sp³-hybridized carbons (Fsp3) is 0.294. The largest absolute Gasteiger partial charge is 0.376 e. The Bertz CT molecular complexity index is 703. The van der Waals surface area contributed by atoms with Crippen LogP contribution in [0.15, 0.2) is 52.0 Å². The van der Waals surface area contributed by atoms with Crippen LogP contribution in [0.5, 0.6) is 0 Å². The van der Waals surface area contributed by atoms with Gasteiger partial charge in [0.1, 0.15) is 5.82 Å². The Balaban J connectivity index is 1.76. The molecule has 0 radical (unpaired) electrons. The molecular weight excluding hydrogens is 390 g/mol. The summed E-state index contributed by atoms with van der Waals surface area (Å²) in [5, 5.41) is 2.76. The number of hydrogen-bond donors (Lipinski definition) is 1. The van der Waals surface area contributed by atoms with Crippen LogP contribution >= 0.6 is 15.9 Å². The van der Waals surface area contributed by atoms with Crippen LogP contribution in [0.2, 0.25) is 0 Å². The van der Waals surface area contributed by atoms with Crippen molar-refractivity contribution >= 4 is 44.1 Å². The fourth-order valence-electron chi connectivity index (χ4n) is 2.00. The molecule has 128 valence electrons. The minimum Gasteiger partial charge on any atom is -0.376 e. The summed E-state index contributed by atoms with van der Waals surface area (Å²) in [6, 6.07) is 11.1. The van der Waals surface area contributed by atoms with Gasteiger partial charge in [-0.25, -0.2) is 4.98 Å². The van der Waals surface area contributed by atoms with Gasteiger partial charge in [0.15, 0.2) is 0 Å². The second-order valence-electron chi connectivity index (χ2n) is 5.45. The summed E-state index contributed by atoms with van der Waals surface area (Å²) in [7, 11) is 2.78. The summed E-state index contributed by atoms with van der Waals surface area (Å²) >= 11 is 3.35. The number of hydrogen-bond acceptors (Lipinski definition) is 4. The Morgan fingerprint density at radius 2 is 1.92 bits per heavy atom. The SMILES string of the molecule is CN(C)c1ccc(NC(=O)CCCS(=O)c2ccc(Br)cc2)nc1. The number of nitrogens with one attached hydrogen (secondary N) is 1. The highest BCUT2D eigenvalue weighted by molar-refractivity contribution is 9.10. The molecule has 7 heteroatoms. The van der Waals surface area contributed by atoms with E-state index in [0.29, 0.717) is 24.4 Å². The van der Waals surface area contributed by atoms with E-state index >= 15 is 0 Å². The molecule has 5 nitrogen and oxygen atoms in total. The highest BCUT2D eigenvalue weighted by atomic mass is 79.9. The zero-order valence-electron chi connectivity index (χ0n) is 13.7. The van der Waals surface area contributed by atoms with E-state index < -0.39 is 10.8 Å². The Labute approximate surface area is 153 Å². The lowest BCUT2D eigenvalue weighted by atomic mass is 10.3. The van der Waals surface area contributed by atoms with Crippen LogP contribution in [0.25, 0.3) is 0 Å². The van der Waals surface area contributed by atoms with Gasteiger partial charge in [-0.1, -0.05) is 15.9 Å². The molecule has 2 aromatic rings. The highest BCUT2D eigenvalue weighted by Crippen LogP contribution is 2.15. The maximum Gasteiger partial charge on any atom is 0.225 e. The van der Waals surface area contributed by atoms with Crippen LogP contribution in [0.3, 0.4) is 0 Å². The molecule has 0 aliphatic heterocycles. The van der Waals surface area contributed by atoms with Crippen LogP contribution in [-0.4, -0.2) is 34.9 Å². The lowest BCUT2D eigenvalue weighted by molar-refractivity contribution is -0.116. The van der Waals surface area contributed by atoms with Gasteiger partial charge in [0.25, 0.3) is 0 Å². The predicted molar refractivity (Wildman–Crippen MR) is 102 cm³/mol. The molecule has 1 atom stereocenters. The van der Waals surface area contributed by atoms with Crippen LogP contribution in [-0.2, 0) is 15.6 Å². The Morgan fingerprint density at radius 1 is 1.21 bits per heavy atom. The van der Waals surface area contributed by atoms with Gasteiger partial charge >= 0.3 is 0 Å². The number of anilines is 2. The molecule has 0 saturated heterocycles. The molecule has 0 aliphatic carbocycles. The van der Waals surface area contributed by atoms with Crippen LogP contribution in [0.1, 0.15) is 12.8 Å². The first kappa shape index (κ1) is 18.6. The van der Waals surface area contributed by atoms with Crippen molar-refractivity contribution in [1.29, 1.82) is 0 Å². The molecule has 1 N–H and O–H groups in total. The van der Waals surface area contributed by atoms with E-state index in [9.17, 15) is 9.00 Å². The van der Waals surface area contributed by atoms with E-state index in [1.807, 2.05) is 49.3 Å². The second kappa shape index (κ2) is 8.94. The zero-order valence-corrected chi connectivity index (χ0v) is 16.1. The van der Waals surface area contributed by atoms with E-state index in [4.69, 9.17) is 0 Å². The van der Waals surface area contributed by atoms with Crippen molar-refractivity contribution in [2.75, 3.05) is 30.1 Å². The third-order valence-corrected chi connectivity index (χ3v) is 5.33. The smallest absolute Gasteiger partial charge is 0.225 e. The van der Waals surface area contributed by atoms with Crippen LogP contribution in [0, 0.1) is 0 Å². The maximum atomic E-state index is 12.1. The first-order valence-electron chi connectivity index (χ1n) is 7.53. The van der Waals surface area contributed by atoms with E-state index in [1.54, 1.807) is 12.3 Å². The molecule has 0 fully saturated rings. The van der Waals surface area contributed by atoms with Gasteiger partial charge in [-0.2, -0.15) is 0 Å². The van der Waals surface area contributed by atoms with Gasteiger partial charge in [-0.3, -0.25) is 9.00 Å². The number of rotatable bonds is 7. The van der Waals surface area contributed by atoms with Crippen molar-refractivity contribution < 1.29 is 9.00 Å². The predicted octanol–water partition coefficient (Wildman–Crippen LogP) is 3.44. The van der Waals surface area contributed by atoms with Gasteiger partial charge in [0.05, 0.1) is 22.7 Å². The van der Waals surface area contributed by atoms with Gasteiger partial charge in [-0.05, 0) is 42.8 Å². The minimum atomic E-state index is -1.08. The van der Waals surface area contributed by atoms with Crippen molar-refractivity contribution in [2.24, 2.45) is 0 Å². The van der Waals surface area contributed by atoms with E-state index in [0.717, 1.165) is 15.1 Å². The van der Waals surface area contributed by atoms with Crippen molar-refractivity contribution in [3.8, 4) is 0 Å². The molecule has 0 aliphatic rings. The summed E-state index contributed by atoms with van der Waals surface area (Å²) in [5.41, 5.74) is 0.970. The summed E-state index contributed by atoms with van der Waals surface area (Å²) in [6.07, 6.45) is 2.59. The van der Waals surface area contributed by atoms with Crippen molar-refractivity contribution in [1.82, 2.24) is 4.98 Å². The van der Waals surface area contributed by atoms with E-state index in [1.165, 1.54) is 0 Å². The highest BCUT2D eigenvalue weighted by Gasteiger charge is 2.07. The number of halogens is 1. The number of carbonyl (C=O) groups excluding carboxylic acids is 1. The molecule has 1 heterocycles. The maximum absolute atomic E-state index is 12.1. The number of pyridine rings is 1. The first-order chi connectivity index (χ1) is 11.5. The molecule has 1 aromatic carbocycles. The Morgan fingerprint density at radius 3 is 2.50 bits per heavy atom. The topological polar surface area (TPSA) is 62.3 Å². The van der Waals surface area contributed by atoms with E-state index in [2.05, 4.69) is 26.2 Å². The second-order valence-corrected chi connectivity index (χ2v) is 7.94. The molecule has 0 bridgehead atoms. The zero-order chi connectivity index (χ0) is 17.5. The molecule has 1 unspecified atom stereocenters. The first-order valence-corrected chi connectivity index (χ1v) is 9.64. The molecule has 24 heavy (non-hydrogen) atoms. The van der Waals surface area contributed by atoms with E-state index in [-0.39, 0.29) is 5.91 Å². The van der Waals surface area contributed by atoms with Crippen LogP contribution in [0.4, 0.5) is 11.5 Å². The molecule has 2 rings (SSSR count). The number of aromatic nitrogens is 1. The van der Waals surface area contributed by atoms with Gasteiger partial charge in [0, 0.05) is 35.6 Å². The lowest BCUT2D eigenvalue weighted by Gasteiger charge is -2.12. The number of nitrogens with zero attached hydrogens (tertiary/aromatic N) is 2. The lowest BCUT2D eigenvalue weighted by Crippen LogP contribution is -2.14. The number of carbonyl (C=O) groups is 1.